The van der Waals surface area contributed by atoms with E-state index >= 15 is 0 Å². The van der Waals surface area contributed by atoms with E-state index in [1.165, 1.54) is 16.1 Å². The van der Waals surface area contributed by atoms with Gasteiger partial charge < -0.3 is 11.1 Å². The summed E-state index contributed by atoms with van der Waals surface area (Å²) in [6.07, 6.45) is 1.82. The number of nitrogens with two attached hydrogens (primary N) is 1. The lowest BCUT2D eigenvalue weighted by molar-refractivity contribution is 0.867. The van der Waals surface area contributed by atoms with E-state index in [0.717, 1.165) is 23.5 Å². The Morgan fingerprint density at radius 3 is 2.83 bits per heavy atom. The molecule has 0 aliphatic carbocycles. The van der Waals surface area contributed by atoms with E-state index in [2.05, 4.69) is 55.1 Å². The molecule has 1 aromatic heterocycles. The summed E-state index contributed by atoms with van der Waals surface area (Å²) in [5.41, 5.74) is 9.45. The topological polar surface area (TPSA) is 63.3 Å². The normalized spacial score (nSPS) is 12.0. The molecule has 1 aromatic carbocycles. The van der Waals surface area contributed by atoms with Crippen LogP contribution in [-0.4, -0.2) is 17.5 Å². The van der Waals surface area contributed by atoms with Crippen LogP contribution in [0.15, 0.2) is 29.3 Å². The monoisotopic (exact) mass is 330 g/mol. The third kappa shape index (κ3) is 5.06. The number of aromatic nitrogens is 1. The third-order valence-electron chi connectivity index (χ3n) is 3.71. The predicted molar refractivity (Wildman–Crippen MR) is 101 cm³/mol. The van der Waals surface area contributed by atoms with Crippen LogP contribution in [0.5, 0.6) is 0 Å². The van der Waals surface area contributed by atoms with E-state index in [4.69, 9.17) is 5.73 Å². The van der Waals surface area contributed by atoms with Gasteiger partial charge in [-0.05, 0) is 37.0 Å². The van der Waals surface area contributed by atoms with Crippen molar-refractivity contribution in [3.05, 3.63) is 45.4 Å². The zero-order valence-corrected chi connectivity index (χ0v) is 15.2. The molecule has 0 saturated carbocycles. The average molecular weight is 331 g/mol. The van der Waals surface area contributed by atoms with Gasteiger partial charge >= 0.3 is 0 Å². The van der Waals surface area contributed by atoms with E-state index in [-0.39, 0.29) is 0 Å². The van der Waals surface area contributed by atoms with Crippen molar-refractivity contribution in [1.82, 2.24) is 4.98 Å². The molecule has 1 heterocycles. The van der Waals surface area contributed by atoms with Crippen LogP contribution in [0.4, 0.5) is 5.69 Å². The van der Waals surface area contributed by atoms with Crippen molar-refractivity contribution >= 4 is 23.0 Å². The maximum Gasteiger partial charge on any atom is 0.193 e. The summed E-state index contributed by atoms with van der Waals surface area (Å²) in [6.45, 7) is 9.27. The number of anilines is 1. The van der Waals surface area contributed by atoms with Crippen LogP contribution in [0.2, 0.25) is 0 Å². The van der Waals surface area contributed by atoms with Crippen LogP contribution >= 0.6 is 11.3 Å². The molecule has 0 aliphatic heterocycles. The summed E-state index contributed by atoms with van der Waals surface area (Å²) in [4.78, 5) is 10.3. The standard InChI is InChI=1S/C18H26N4S/c1-5-16-13(4)23-17(22-16)9-10-20-18(19)21-15-8-6-7-14(11-15)12(2)3/h6-8,11-12H,5,9-10H2,1-4H3,(H3,19,20,21). The maximum absolute atomic E-state index is 5.98. The van der Waals surface area contributed by atoms with Gasteiger partial charge in [-0.2, -0.15) is 0 Å². The largest absolute Gasteiger partial charge is 0.370 e. The fraction of sp³-hybridized carbons (Fsp3) is 0.444. The molecule has 124 valence electrons. The smallest absolute Gasteiger partial charge is 0.193 e. The van der Waals surface area contributed by atoms with E-state index in [1.807, 2.05) is 12.1 Å². The molecule has 3 N–H and O–H groups in total. The highest BCUT2D eigenvalue weighted by Crippen LogP contribution is 2.19. The molecule has 5 heteroatoms. The van der Waals surface area contributed by atoms with Gasteiger partial charge in [-0.3, -0.25) is 4.99 Å². The quantitative estimate of drug-likeness (QED) is 0.619. The fourth-order valence-corrected chi connectivity index (χ4v) is 3.37. The van der Waals surface area contributed by atoms with Crippen LogP contribution in [0, 0.1) is 6.92 Å². The van der Waals surface area contributed by atoms with Crippen molar-refractivity contribution < 1.29 is 0 Å². The number of benzene rings is 1. The molecule has 0 radical (unpaired) electrons. The van der Waals surface area contributed by atoms with Gasteiger partial charge in [-0.15, -0.1) is 11.3 Å². The molecule has 0 spiro atoms. The second-order valence-corrected chi connectivity index (χ2v) is 7.17. The van der Waals surface area contributed by atoms with Crippen molar-refractivity contribution in [2.75, 3.05) is 11.9 Å². The van der Waals surface area contributed by atoms with Crippen LogP contribution in [-0.2, 0) is 12.8 Å². The van der Waals surface area contributed by atoms with E-state index in [1.54, 1.807) is 11.3 Å². The molecule has 0 unspecified atom stereocenters. The van der Waals surface area contributed by atoms with Crippen LogP contribution in [0.3, 0.4) is 0 Å². The second kappa shape index (κ2) is 8.11. The summed E-state index contributed by atoms with van der Waals surface area (Å²) in [5.74, 6) is 0.950. The number of nitrogens with zero attached hydrogens (tertiary/aromatic N) is 2. The lowest BCUT2D eigenvalue weighted by Crippen LogP contribution is -2.23. The van der Waals surface area contributed by atoms with Crippen molar-refractivity contribution in [1.29, 1.82) is 0 Å². The Morgan fingerprint density at radius 2 is 2.17 bits per heavy atom. The third-order valence-corrected chi connectivity index (χ3v) is 4.78. The summed E-state index contributed by atoms with van der Waals surface area (Å²) < 4.78 is 0. The summed E-state index contributed by atoms with van der Waals surface area (Å²) in [5, 5.41) is 4.30. The van der Waals surface area contributed by atoms with Gasteiger partial charge in [0.2, 0.25) is 0 Å². The number of guanidine groups is 1. The lowest BCUT2D eigenvalue weighted by atomic mass is 10.0. The number of nitrogens with one attached hydrogen (secondary N) is 1. The molecular weight excluding hydrogens is 304 g/mol. The fourth-order valence-electron chi connectivity index (χ4n) is 2.36. The minimum absolute atomic E-state index is 0.454. The zero-order chi connectivity index (χ0) is 16.8. The zero-order valence-electron chi connectivity index (χ0n) is 14.4. The highest BCUT2D eigenvalue weighted by molar-refractivity contribution is 7.11. The molecule has 0 atom stereocenters. The number of thiazole rings is 1. The molecule has 2 rings (SSSR count). The Balaban J connectivity index is 1.91. The van der Waals surface area contributed by atoms with E-state index < -0.39 is 0 Å². The summed E-state index contributed by atoms with van der Waals surface area (Å²) in [6, 6.07) is 8.28. The molecule has 4 nitrogen and oxygen atoms in total. The Kier molecular flexibility index (Phi) is 6.16. The van der Waals surface area contributed by atoms with Crippen LogP contribution < -0.4 is 11.1 Å². The molecule has 0 aliphatic rings. The first-order valence-corrected chi connectivity index (χ1v) is 8.93. The molecule has 0 saturated heterocycles. The molecule has 2 aromatic rings. The average Bonchev–Trinajstić information content (AvgIpc) is 2.87. The van der Waals surface area contributed by atoms with Crippen molar-refractivity contribution in [3.63, 3.8) is 0 Å². The van der Waals surface area contributed by atoms with Crippen molar-refractivity contribution in [2.24, 2.45) is 10.7 Å². The SMILES string of the molecule is CCc1nc(CCN=C(N)Nc2cccc(C(C)C)c2)sc1C. The number of hydrogen-bond donors (Lipinski definition) is 2. The molecule has 0 bridgehead atoms. The highest BCUT2D eigenvalue weighted by Gasteiger charge is 2.05. The second-order valence-electron chi connectivity index (χ2n) is 5.89. The number of aliphatic imine (C=N–C) groups is 1. The molecule has 0 fully saturated rings. The first kappa shape index (κ1) is 17.5. The van der Waals surface area contributed by atoms with Gasteiger partial charge in [0.1, 0.15) is 0 Å². The molecule has 23 heavy (non-hydrogen) atoms. The number of hydrogen-bond acceptors (Lipinski definition) is 3. The van der Waals surface area contributed by atoms with Gasteiger partial charge in [-0.1, -0.05) is 32.9 Å². The Morgan fingerprint density at radius 1 is 1.39 bits per heavy atom. The number of rotatable bonds is 6. The Hall–Kier alpha value is -1.88. The molecular formula is C18H26N4S. The summed E-state index contributed by atoms with van der Waals surface area (Å²) in [7, 11) is 0. The van der Waals surface area contributed by atoms with Crippen LogP contribution in [0.25, 0.3) is 0 Å². The molecule has 0 amide bonds. The first-order chi connectivity index (χ1) is 11.0. The van der Waals surface area contributed by atoms with Gasteiger partial charge in [0, 0.05) is 23.5 Å². The minimum Gasteiger partial charge on any atom is -0.370 e. The minimum atomic E-state index is 0.454. The van der Waals surface area contributed by atoms with Gasteiger partial charge in [-0.25, -0.2) is 4.98 Å². The van der Waals surface area contributed by atoms with E-state index in [9.17, 15) is 0 Å². The van der Waals surface area contributed by atoms with E-state index in [0.29, 0.717) is 18.4 Å². The predicted octanol–water partition coefficient (Wildman–Crippen LogP) is 4.11. The van der Waals surface area contributed by atoms with Crippen molar-refractivity contribution in [2.45, 2.75) is 46.5 Å². The maximum atomic E-state index is 5.98. The van der Waals surface area contributed by atoms with Gasteiger partial charge in [0.25, 0.3) is 0 Å². The first-order valence-electron chi connectivity index (χ1n) is 8.11. The van der Waals surface area contributed by atoms with Gasteiger partial charge in [0.15, 0.2) is 5.96 Å². The van der Waals surface area contributed by atoms with Crippen LogP contribution in [0.1, 0.15) is 47.8 Å². The van der Waals surface area contributed by atoms with Gasteiger partial charge in [0.05, 0.1) is 10.7 Å². The Labute approximate surface area is 142 Å². The Bertz CT molecular complexity index is 673. The lowest BCUT2D eigenvalue weighted by Gasteiger charge is -2.09. The summed E-state index contributed by atoms with van der Waals surface area (Å²) >= 11 is 1.76. The highest BCUT2D eigenvalue weighted by atomic mass is 32.1. The number of aryl methyl sites for hydroxylation is 2. The van der Waals surface area contributed by atoms with Crippen molar-refractivity contribution in [3.8, 4) is 0 Å².